The normalized spacial score (nSPS) is 34.1. The van der Waals surface area contributed by atoms with Crippen LogP contribution < -0.4 is 9.47 Å². The number of fused-ring (bicyclic) bond motifs is 5. The van der Waals surface area contributed by atoms with Crippen LogP contribution in [-0.4, -0.2) is 0 Å². The second-order valence-corrected chi connectivity index (χ2v) is 19.1. The largest absolute Gasteiger partial charge is 0.462 e. The Kier molecular flexibility index (Phi) is 10.5. The van der Waals surface area contributed by atoms with Gasteiger partial charge in [-0.05, 0) is 170 Å². The molecule has 0 N–H and O–H groups in total. The molecule has 0 saturated heterocycles. The molecule has 0 aromatic heterocycles. The summed E-state index contributed by atoms with van der Waals surface area (Å²) in [6.07, 6.45) is 25.2. The topological polar surface area (TPSA) is 18.5 Å². The van der Waals surface area contributed by atoms with Gasteiger partial charge in [0.1, 0.15) is 23.0 Å². The molecule has 5 aliphatic rings. The summed E-state index contributed by atoms with van der Waals surface area (Å²) in [6, 6.07) is 28.6. The van der Waals surface area contributed by atoms with Crippen LogP contribution >= 0.6 is 0 Å². The van der Waals surface area contributed by atoms with E-state index >= 15 is 0 Å². The molecule has 2 heteroatoms. The minimum absolute atomic E-state index is 0.0132. The van der Waals surface area contributed by atoms with Gasteiger partial charge in [0.15, 0.2) is 0 Å². The van der Waals surface area contributed by atoms with E-state index in [1.807, 2.05) is 30.3 Å². The Morgan fingerprint density at radius 3 is 2.02 bits per heavy atom. The fraction of sp³-hybridized carbons (Fsp3) is 0.569. The van der Waals surface area contributed by atoms with E-state index < -0.39 is 0 Å². The lowest BCUT2D eigenvalue weighted by atomic mass is 9.42. The van der Waals surface area contributed by atoms with Gasteiger partial charge in [-0.25, -0.2) is 0 Å². The van der Waals surface area contributed by atoms with E-state index in [1.54, 1.807) is 0 Å². The van der Waals surface area contributed by atoms with Crippen molar-refractivity contribution in [2.24, 2.45) is 52.3 Å². The number of benzene rings is 3. The highest BCUT2D eigenvalue weighted by atomic mass is 16.5. The van der Waals surface area contributed by atoms with Crippen molar-refractivity contribution in [3.8, 4) is 17.2 Å². The van der Waals surface area contributed by atoms with Gasteiger partial charge in [0.25, 0.3) is 0 Å². The molecular formula is C51H66O2. The standard InChI is InChI=1S/C51H66O2/c1-36(2)13-12-14-37(3)46-29-30-47-45-28-23-40-35-51(34-33-49(40,4)48(45)31-32-50(46,47)5,38-19-24-43(25-20-38)52-41-15-8-6-9-16-41)39-21-26-44(27-22-39)53-42-17-10-7-11-18-42/h6-10,15-17,19-22,24-27,36-37,40,45-48H,11-14,18,23,28-35H2,1-5H3. The van der Waals surface area contributed by atoms with Crippen molar-refractivity contribution in [3.05, 3.63) is 114 Å². The fourth-order valence-corrected chi connectivity index (χ4v) is 13.1. The molecule has 4 saturated carbocycles. The van der Waals surface area contributed by atoms with E-state index in [9.17, 15) is 0 Å². The molecule has 0 aliphatic heterocycles. The fourth-order valence-electron chi connectivity index (χ4n) is 13.1. The average Bonchev–Trinajstić information content (AvgIpc) is 3.53. The maximum absolute atomic E-state index is 6.36. The molecule has 8 rings (SSSR count). The second-order valence-electron chi connectivity index (χ2n) is 19.1. The van der Waals surface area contributed by atoms with Gasteiger partial charge in [-0.3, -0.25) is 0 Å². The predicted octanol–water partition coefficient (Wildman–Crippen LogP) is 14.5. The van der Waals surface area contributed by atoms with E-state index in [-0.39, 0.29) is 5.41 Å². The first-order valence-electron chi connectivity index (χ1n) is 21.7. The van der Waals surface area contributed by atoms with E-state index in [0.29, 0.717) is 10.8 Å². The van der Waals surface area contributed by atoms with Crippen LogP contribution in [0.4, 0.5) is 0 Å². The highest BCUT2D eigenvalue weighted by molar-refractivity contribution is 5.45. The van der Waals surface area contributed by atoms with Crippen LogP contribution in [0.1, 0.15) is 136 Å². The lowest BCUT2D eigenvalue weighted by molar-refractivity contribution is -0.122. The van der Waals surface area contributed by atoms with Gasteiger partial charge in [0.05, 0.1) is 0 Å². The Hall–Kier alpha value is -3.26. The van der Waals surface area contributed by atoms with Gasteiger partial charge in [-0.2, -0.15) is 0 Å². The summed E-state index contributed by atoms with van der Waals surface area (Å²) in [5.74, 6) is 9.91. The molecule has 282 valence electrons. The monoisotopic (exact) mass is 711 g/mol. The summed E-state index contributed by atoms with van der Waals surface area (Å²) in [5.41, 5.74) is 3.86. The quantitative estimate of drug-likeness (QED) is 0.197. The molecule has 4 fully saturated rings. The van der Waals surface area contributed by atoms with Gasteiger partial charge in [0, 0.05) is 11.8 Å². The first-order valence-corrected chi connectivity index (χ1v) is 21.7. The number of para-hydroxylation sites is 1. The molecule has 0 amide bonds. The van der Waals surface area contributed by atoms with Crippen LogP contribution in [-0.2, 0) is 5.41 Å². The number of ether oxygens (including phenoxy) is 2. The maximum Gasteiger partial charge on any atom is 0.127 e. The smallest absolute Gasteiger partial charge is 0.127 e. The first-order chi connectivity index (χ1) is 25.7. The third kappa shape index (κ3) is 7.07. The molecule has 9 atom stereocenters. The Labute approximate surface area is 321 Å². The molecule has 0 bridgehead atoms. The Bertz CT molecular complexity index is 1730. The van der Waals surface area contributed by atoms with Crippen molar-refractivity contribution >= 4 is 0 Å². The molecule has 5 aliphatic carbocycles. The molecule has 3 aromatic rings. The molecule has 9 unspecified atom stereocenters. The molecular weight excluding hydrogens is 645 g/mol. The average molecular weight is 711 g/mol. The highest BCUT2D eigenvalue weighted by Crippen LogP contribution is 2.70. The minimum Gasteiger partial charge on any atom is -0.462 e. The van der Waals surface area contributed by atoms with Gasteiger partial charge in [0.2, 0.25) is 0 Å². The summed E-state index contributed by atoms with van der Waals surface area (Å²) in [7, 11) is 0. The number of hydrogen-bond donors (Lipinski definition) is 0. The van der Waals surface area contributed by atoms with Crippen molar-refractivity contribution in [1.82, 2.24) is 0 Å². The molecule has 3 aromatic carbocycles. The van der Waals surface area contributed by atoms with Crippen LogP contribution in [0.5, 0.6) is 17.2 Å². The van der Waals surface area contributed by atoms with Gasteiger partial charge < -0.3 is 9.47 Å². The third-order valence-electron chi connectivity index (χ3n) is 16.0. The molecule has 53 heavy (non-hydrogen) atoms. The summed E-state index contributed by atoms with van der Waals surface area (Å²) < 4.78 is 12.6. The van der Waals surface area contributed by atoms with E-state index in [4.69, 9.17) is 9.47 Å². The summed E-state index contributed by atoms with van der Waals surface area (Å²) in [5, 5.41) is 0. The zero-order chi connectivity index (χ0) is 36.6. The van der Waals surface area contributed by atoms with E-state index in [2.05, 4.69) is 101 Å². The van der Waals surface area contributed by atoms with E-state index in [1.165, 1.54) is 88.2 Å². The van der Waals surface area contributed by atoms with Crippen LogP contribution in [0, 0.1) is 52.3 Å². The van der Waals surface area contributed by atoms with Crippen LogP contribution in [0.25, 0.3) is 0 Å². The van der Waals surface area contributed by atoms with Gasteiger partial charge >= 0.3 is 0 Å². The molecule has 0 radical (unpaired) electrons. The molecule has 0 heterocycles. The third-order valence-corrected chi connectivity index (χ3v) is 16.0. The number of rotatable bonds is 11. The van der Waals surface area contributed by atoms with Gasteiger partial charge in [-0.15, -0.1) is 0 Å². The van der Waals surface area contributed by atoms with Crippen molar-refractivity contribution < 1.29 is 9.47 Å². The molecule has 2 nitrogen and oxygen atoms in total. The zero-order valence-electron chi connectivity index (χ0n) is 33.5. The maximum atomic E-state index is 6.36. The minimum atomic E-state index is -0.0132. The lowest BCUT2D eigenvalue weighted by Gasteiger charge is -2.63. The first kappa shape index (κ1) is 36.7. The number of hydrogen-bond acceptors (Lipinski definition) is 2. The Morgan fingerprint density at radius 2 is 1.34 bits per heavy atom. The zero-order valence-corrected chi connectivity index (χ0v) is 33.5. The van der Waals surface area contributed by atoms with Crippen molar-refractivity contribution in [1.29, 1.82) is 0 Å². The molecule has 0 spiro atoms. The highest BCUT2D eigenvalue weighted by Gasteiger charge is 2.62. The summed E-state index contributed by atoms with van der Waals surface area (Å²) in [4.78, 5) is 0. The van der Waals surface area contributed by atoms with Crippen molar-refractivity contribution in [2.75, 3.05) is 0 Å². The number of allylic oxidation sites excluding steroid dienone is 4. The predicted molar refractivity (Wildman–Crippen MR) is 220 cm³/mol. The van der Waals surface area contributed by atoms with Crippen LogP contribution in [0.15, 0.2) is 103 Å². The van der Waals surface area contributed by atoms with Gasteiger partial charge in [-0.1, -0.05) is 108 Å². The van der Waals surface area contributed by atoms with Crippen LogP contribution in [0.2, 0.25) is 0 Å². The second kappa shape index (κ2) is 15.1. The van der Waals surface area contributed by atoms with Crippen molar-refractivity contribution in [3.63, 3.8) is 0 Å². The van der Waals surface area contributed by atoms with Crippen molar-refractivity contribution in [2.45, 2.75) is 130 Å². The van der Waals surface area contributed by atoms with Crippen LogP contribution in [0.3, 0.4) is 0 Å². The Balaban J connectivity index is 1.04. The summed E-state index contributed by atoms with van der Waals surface area (Å²) >= 11 is 0. The van der Waals surface area contributed by atoms with E-state index in [0.717, 1.165) is 77.3 Å². The Morgan fingerprint density at radius 1 is 0.660 bits per heavy atom. The lowest BCUT2D eigenvalue weighted by Crippen LogP contribution is -2.55. The SMILES string of the molecule is CC(C)CCCC(C)C1CCC2C3CCC4CC(c5ccc(OC6=CC=CCC6)cc5)(c5ccc(Oc6ccccc6)cc5)CCC4(C)C3CCC12C. The summed E-state index contributed by atoms with van der Waals surface area (Å²) in [6.45, 7) is 12.9.